The number of nitrogens with zero attached hydrogens (tertiary/aromatic N) is 1. The molecule has 112 valence electrons. The summed E-state index contributed by atoms with van der Waals surface area (Å²) in [6, 6.07) is 1.11. The topological polar surface area (TPSA) is 66.5 Å². The standard InChI is InChI=1S/C13H20N2O3S2/c1-9-8-12(10(2)19-9)20(17,18)15-7-5-4-6-11(15)13(16)14-3/h8,11H,4-7H2,1-3H3,(H,14,16). The second kappa shape index (κ2) is 5.83. The number of sulfonamides is 1. The van der Waals surface area contributed by atoms with E-state index in [0.29, 0.717) is 17.9 Å². The zero-order chi connectivity index (χ0) is 14.9. The van der Waals surface area contributed by atoms with Crippen molar-refractivity contribution < 1.29 is 13.2 Å². The summed E-state index contributed by atoms with van der Waals surface area (Å²) in [4.78, 5) is 14.0. The van der Waals surface area contributed by atoms with E-state index in [4.69, 9.17) is 0 Å². The normalized spacial score (nSPS) is 20.9. The molecule has 20 heavy (non-hydrogen) atoms. The Morgan fingerprint density at radius 3 is 2.65 bits per heavy atom. The SMILES string of the molecule is CNC(=O)C1CCCCN1S(=O)(=O)c1cc(C)sc1C. The van der Waals surface area contributed by atoms with Crippen LogP contribution in [0, 0.1) is 13.8 Å². The smallest absolute Gasteiger partial charge is 0.244 e. The fourth-order valence-electron chi connectivity index (χ4n) is 2.61. The molecular formula is C13H20N2O3S2. The molecule has 1 aliphatic heterocycles. The van der Waals surface area contributed by atoms with E-state index >= 15 is 0 Å². The highest BCUT2D eigenvalue weighted by molar-refractivity contribution is 7.89. The van der Waals surface area contributed by atoms with Crippen LogP contribution in [-0.2, 0) is 14.8 Å². The summed E-state index contributed by atoms with van der Waals surface area (Å²) in [6.45, 7) is 4.11. The van der Waals surface area contributed by atoms with Gasteiger partial charge in [-0.2, -0.15) is 4.31 Å². The van der Waals surface area contributed by atoms with Crippen molar-refractivity contribution >= 4 is 27.3 Å². The number of aryl methyl sites for hydroxylation is 2. The Kier molecular flexibility index (Phi) is 4.51. The van der Waals surface area contributed by atoms with Crippen LogP contribution in [0.15, 0.2) is 11.0 Å². The van der Waals surface area contributed by atoms with Crippen LogP contribution in [0.1, 0.15) is 29.0 Å². The minimum Gasteiger partial charge on any atom is -0.358 e. The average Bonchev–Trinajstić information content (AvgIpc) is 2.77. The molecule has 1 amide bonds. The van der Waals surface area contributed by atoms with Gasteiger partial charge in [-0.3, -0.25) is 4.79 Å². The van der Waals surface area contributed by atoms with Gasteiger partial charge in [0.1, 0.15) is 6.04 Å². The predicted molar refractivity (Wildman–Crippen MR) is 79.4 cm³/mol. The molecule has 0 radical (unpaired) electrons. The molecule has 1 atom stereocenters. The van der Waals surface area contributed by atoms with Crippen LogP contribution in [0.4, 0.5) is 0 Å². The molecule has 0 saturated carbocycles. The molecule has 0 aliphatic carbocycles. The highest BCUT2D eigenvalue weighted by Crippen LogP contribution is 2.31. The van der Waals surface area contributed by atoms with Crippen LogP contribution in [0.2, 0.25) is 0 Å². The second-order valence-corrected chi connectivity index (χ2v) is 8.34. The monoisotopic (exact) mass is 316 g/mol. The fraction of sp³-hybridized carbons (Fsp3) is 0.615. The molecule has 0 spiro atoms. The number of carbonyl (C=O) groups is 1. The summed E-state index contributed by atoms with van der Waals surface area (Å²) < 4.78 is 27.0. The van der Waals surface area contributed by atoms with E-state index in [0.717, 1.165) is 22.6 Å². The third-order valence-corrected chi connectivity index (χ3v) is 6.71. The molecule has 0 aromatic carbocycles. The number of carbonyl (C=O) groups excluding carboxylic acids is 1. The van der Waals surface area contributed by atoms with Crippen molar-refractivity contribution in [3.05, 3.63) is 15.8 Å². The number of amides is 1. The van der Waals surface area contributed by atoms with Gasteiger partial charge in [0.15, 0.2) is 0 Å². The summed E-state index contributed by atoms with van der Waals surface area (Å²) in [6.07, 6.45) is 2.27. The maximum absolute atomic E-state index is 12.8. The van der Waals surface area contributed by atoms with E-state index in [1.807, 2.05) is 13.8 Å². The molecule has 1 unspecified atom stereocenters. The minimum absolute atomic E-state index is 0.224. The molecule has 1 saturated heterocycles. The van der Waals surface area contributed by atoms with Gasteiger partial charge in [0.05, 0.1) is 4.90 Å². The third-order valence-electron chi connectivity index (χ3n) is 3.58. The lowest BCUT2D eigenvalue weighted by Gasteiger charge is -2.33. The Morgan fingerprint density at radius 1 is 1.40 bits per heavy atom. The molecule has 1 aromatic rings. The lowest BCUT2D eigenvalue weighted by atomic mass is 10.0. The Bertz CT molecular complexity index is 607. The molecular weight excluding hydrogens is 296 g/mol. The first-order valence-electron chi connectivity index (χ1n) is 6.68. The second-order valence-electron chi connectivity index (χ2n) is 5.02. The van der Waals surface area contributed by atoms with E-state index in [-0.39, 0.29) is 5.91 Å². The van der Waals surface area contributed by atoms with Crippen molar-refractivity contribution in [2.24, 2.45) is 0 Å². The number of thiophene rings is 1. The quantitative estimate of drug-likeness (QED) is 0.922. The van der Waals surface area contributed by atoms with E-state index in [1.165, 1.54) is 15.6 Å². The molecule has 1 fully saturated rings. The first-order chi connectivity index (χ1) is 9.37. The van der Waals surface area contributed by atoms with Crippen molar-refractivity contribution in [1.29, 1.82) is 0 Å². The Morgan fingerprint density at radius 2 is 2.10 bits per heavy atom. The maximum Gasteiger partial charge on any atom is 0.244 e. The summed E-state index contributed by atoms with van der Waals surface area (Å²) in [5.41, 5.74) is 0. The maximum atomic E-state index is 12.8. The summed E-state index contributed by atoms with van der Waals surface area (Å²) >= 11 is 1.47. The molecule has 0 bridgehead atoms. The lowest BCUT2D eigenvalue weighted by Crippen LogP contribution is -2.51. The Balaban J connectivity index is 2.40. The van der Waals surface area contributed by atoms with Crippen LogP contribution in [-0.4, -0.2) is 38.3 Å². The van der Waals surface area contributed by atoms with Crippen LogP contribution >= 0.6 is 11.3 Å². The third kappa shape index (κ3) is 2.75. The predicted octanol–water partition coefficient (Wildman–Crippen LogP) is 1.65. The van der Waals surface area contributed by atoms with Gasteiger partial charge in [-0.15, -0.1) is 11.3 Å². The molecule has 1 aliphatic rings. The fourth-order valence-corrected chi connectivity index (χ4v) is 5.79. The molecule has 7 heteroatoms. The van der Waals surface area contributed by atoms with E-state index in [9.17, 15) is 13.2 Å². The van der Waals surface area contributed by atoms with Gasteiger partial charge in [0.2, 0.25) is 15.9 Å². The zero-order valence-electron chi connectivity index (χ0n) is 12.0. The Labute approximate surface area is 124 Å². The number of nitrogens with one attached hydrogen (secondary N) is 1. The van der Waals surface area contributed by atoms with Gasteiger partial charge in [0, 0.05) is 23.3 Å². The minimum atomic E-state index is -3.59. The van der Waals surface area contributed by atoms with Gasteiger partial charge >= 0.3 is 0 Å². The van der Waals surface area contributed by atoms with Crippen LogP contribution < -0.4 is 5.32 Å². The summed E-state index contributed by atoms with van der Waals surface area (Å²) in [7, 11) is -2.05. The van der Waals surface area contributed by atoms with Crippen molar-refractivity contribution in [1.82, 2.24) is 9.62 Å². The first kappa shape index (κ1) is 15.5. The number of hydrogen-bond donors (Lipinski definition) is 1. The van der Waals surface area contributed by atoms with Gasteiger partial charge in [-0.05, 0) is 32.8 Å². The van der Waals surface area contributed by atoms with Crippen molar-refractivity contribution in [2.75, 3.05) is 13.6 Å². The van der Waals surface area contributed by atoms with Crippen molar-refractivity contribution in [3.63, 3.8) is 0 Å². The highest BCUT2D eigenvalue weighted by atomic mass is 32.2. The van der Waals surface area contributed by atoms with Gasteiger partial charge in [-0.25, -0.2) is 8.42 Å². The van der Waals surface area contributed by atoms with E-state index in [2.05, 4.69) is 5.32 Å². The molecule has 2 rings (SSSR count). The summed E-state index contributed by atoms with van der Waals surface area (Å²) in [5.74, 6) is -0.224. The highest BCUT2D eigenvalue weighted by Gasteiger charge is 2.38. The zero-order valence-corrected chi connectivity index (χ0v) is 13.6. The number of piperidine rings is 1. The van der Waals surface area contributed by atoms with Crippen molar-refractivity contribution in [3.8, 4) is 0 Å². The number of likely N-dealkylation sites (N-methyl/N-ethyl adjacent to an activating group) is 1. The molecule has 1 N–H and O–H groups in total. The number of rotatable bonds is 3. The average molecular weight is 316 g/mol. The van der Waals surface area contributed by atoms with Crippen LogP contribution in [0.5, 0.6) is 0 Å². The van der Waals surface area contributed by atoms with E-state index < -0.39 is 16.1 Å². The van der Waals surface area contributed by atoms with E-state index in [1.54, 1.807) is 13.1 Å². The largest absolute Gasteiger partial charge is 0.358 e. The molecule has 5 nitrogen and oxygen atoms in total. The van der Waals surface area contributed by atoms with Crippen LogP contribution in [0.3, 0.4) is 0 Å². The molecule has 2 heterocycles. The number of hydrogen-bond acceptors (Lipinski definition) is 4. The van der Waals surface area contributed by atoms with Gasteiger partial charge < -0.3 is 5.32 Å². The first-order valence-corrected chi connectivity index (χ1v) is 8.94. The van der Waals surface area contributed by atoms with Crippen molar-refractivity contribution in [2.45, 2.75) is 44.0 Å². The van der Waals surface area contributed by atoms with Gasteiger partial charge in [0.25, 0.3) is 0 Å². The molecule has 1 aromatic heterocycles. The summed E-state index contributed by atoms with van der Waals surface area (Å²) in [5, 5.41) is 2.57. The lowest BCUT2D eigenvalue weighted by molar-refractivity contribution is -0.125. The van der Waals surface area contributed by atoms with Gasteiger partial charge in [-0.1, -0.05) is 6.42 Å². The van der Waals surface area contributed by atoms with Crippen LogP contribution in [0.25, 0.3) is 0 Å². The Hall–Kier alpha value is -0.920.